The Morgan fingerprint density at radius 2 is 1.20 bits per heavy atom. The SMILES string of the molecule is CCCCNCc1cc(Br)c(OCc2cccc(-c3cccc(COc4nc(OC)c(CNCCCC(=O)O)cc4Br)c3Cl)c2Cl)nc1OC. The predicted octanol–water partition coefficient (Wildman–Crippen LogP) is 8.99. The molecule has 0 radical (unpaired) electrons. The number of carboxylic acid groups (broad SMARTS) is 1. The van der Waals surface area contributed by atoms with Crippen LogP contribution in [0.3, 0.4) is 0 Å². The number of hydrogen-bond acceptors (Lipinski definition) is 9. The standard InChI is InChI=1S/C36H40Br2Cl2N4O6/c1-4-5-14-41-18-24-16-28(37)35(43-33(24)47-2)49-20-22-9-6-11-26(31(22)39)27-12-7-10-23(32(27)40)21-50-36-29(38)17-25(34(44-36)48-3)19-42-15-8-13-30(45)46/h6-7,9-12,16-17,41-42H,4-5,8,13-15,18-21H2,1-3H3,(H,45,46). The van der Waals surface area contributed by atoms with Crippen LogP contribution in [0, 0.1) is 0 Å². The number of pyridine rings is 2. The highest BCUT2D eigenvalue weighted by atomic mass is 79.9. The molecule has 0 bridgehead atoms. The molecule has 0 aliphatic rings. The first kappa shape index (κ1) is 39.7. The zero-order valence-corrected chi connectivity index (χ0v) is 32.8. The van der Waals surface area contributed by atoms with Crippen molar-refractivity contribution in [1.82, 2.24) is 20.6 Å². The van der Waals surface area contributed by atoms with Gasteiger partial charge < -0.3 is 34.7 Å². The zero-order chi connectivity index (χ0) is 36.0. The van der Waals surface area contributed by atoms with Gasteiger partial charge in [0.05, 0.1) is 33.2 Å². The van der Waals surface area contributed by atoms with E-state index in [-0.39, 0.29) is 19.6 Å². The molecule has 14 heteroatoms. The summed E-state index contributed by atoms with van der Waals surface area (Å²) >= 11 is 21.0. The Morgan fingerprint density at radius 1 is 0.740 bits per heavy atom. The Labute approximate surface area is 319 Å². The maximum atomic E-state index is 10.8. The number of unbranched alkanes of at least 4 members (excludes halogenated alkanes) is 1. The summed E-state index contributed by atoms with van der Waals surface area (Å²) in [5, 5.41) is 16.5. The molecule has 0 spiro atoms. The average molecular weight is 855 g/mol. The molecule has 2 heterocycles. The number of methoxy groups -OCH3 is 2. The topological polar surface area (TPSA) is 124 Å². The van der Waals surface area contributed by atoms with Gasteiger partial charge in [0.2, 0.25) is 23.5 Å². The van der Waals surface area contributed by atoms with Gasteiger partial charge in [-0.15, -0.1) is 0 Å². The largest absolute Gasteiger partial charge is 0.481 e. The molecule has 0 fully saturated rings. The second-order valence-corrected chi connectivity index (χ2v) is 13.7. The number of aromatic nitrogens is 2. The van der Waals surface area contributed by atoms with Gasteiger partial charge in [-0.05, 0) is 69.9 Å². The van der Waals surface area contributed by atoms with Crippen molar-refractivity contribution in [3.8, 4) is 34.6 Å². The van der Waals surface area contributed by atoms with E-state index in [0.29, 0.717) is 68.6 Å². The molecule has 0 saturated heterocycles. The van der Waals surface area contributed by atoms with Crippen LogP contribution in [0.5, 0.6) is 23.5 Å². The van der Waals surface area contributed by atoms with Crippen molar-refractivity contribution in [3.05, 3.63) is 89.8 Å². The molecule has 0 aliphatic carbocycles. The van der Waals surface area contributed by atoms with Crippen LogP contribution in [0.15, 0.2) is 57.5 Å². The minimum Gasteiger partial charge on any atom is -0.481 e. The summed E-state index contributed by atoms with van der Waals surface area (Å²) in [5.41, 5.74) is 4.72. The third-order valence-electron chi connectivity index (χ3n) is 7.61. The van der Waals surface area contributed by atoms with Crippen LogP contribution in [0.1, 0.15) is 54.9 Å². The van der Waals surface area contributed by atoms with E-state index in [9.17, 15) is 4.79 Å². The Balaban J connectivity index is 1.45. The van der Waals surface area contributed by atoms with Gasteiger partial charge >= 0.3 is 5.97 Å². The van der Waals surface area contributed by atoms with E-state index in [1.54, 1.807) is 7.11 Å². The average Bonchev–Trinajstić information content (AvgIpc) is 3.10. The second-order valence-electron chi connectivity index (χ2n) is 11.2. The summed E-state index contributed by atoms with van der Waals surface area (Å²) < 4.78 is 24.6. The monoisotopic (exact) mass is 852 g/mol. The van der Waals surface area contributed by atoms with Gasteiger partial charge in [0, 0.05) is 52.9 Å². The molecule has 0 amide bonds. The fourth-order valence-corrected chi connectivity index (χ4v) is 6.52. The Hall–Kier alpha value is -3.13. The molecule has 0 aliphatic heterocycles. The normalized spacial score (nSPS) is 11.0. The van der Waals surface area contributed by atoms with Crippen molar-refractivity contribution in [3.63, 3.8) is 0 Å². The lowest BCUT2D eigenvalue weighted by molar-refractivity contribution is -0.137. The van der Waals surface area contributed by atoms with Crippen LogP contribution in [-0.4, -0.2) is 48.4 Å². The molecule has 0 saturated carbocycles. The van der Waals surface area contributed by atoms with Crippen molar-refractivity contribution in [2.75, 3.05) is 27.3 Å². The molecule has 268 valence electrons. The predicted molar refractivity (Wildman–Crippen MR) is 203 cm³/mol. The molecule has 4 aromatic rings. The molecule has 4 rings (SSSR count). The minimum absolute atomic E-state index is 0.104. The zero-order valence-electron chi connectivity index (χ0n) is 28.1. The summed E-state index contributed by atoms with van der Waals surface area (Å²) in [6, 6.07) is 15.2. The molecular weight excluding hydrogens is 815 g/mol. The third kappa shape index (κ3) is 10.9. The molecule has 2 aromatic carbocycles. The van der Waals surface area contributed by atoms with E-state index in [1.165, 1.54) is 7.11 Å². The van der Waals surface area contributed by atoms with Crippen LogP contribution < -0.4 is 29.6 Å². The minimum atomic E-state index is -0.821. The van der Waals surface area contributed by atoms with Crippen molar-refractivity contribution in [2.24, 2.45) is 0 Å². The highest BCUT2D eigenvalue weighted by Gasteiger charge is 2.18. The van der Waals surface area contributed by atoms with Crippen molar-refractivity contribution < 1.29 is 28.8 Å². The summed E-state index contributed by atoms with van der Waals surface area (Å²) in [4.78, 5) is 19.9. The highest BCUT2D eigenvalue weighted by Crippen LogP contribution is 2.38. The van der Waals surface area contributed by atoms with Crippen LogP contribution in [0.4, 0.5) is 0 Å². The lowest BCUT2D eigenvalue weighted by Gasteiger charge is -2.16. The lowest BCUT2D eigenvalue weighted by atomic mass is 10.0. The van der Waals surface area contributed by atoms with Gasteiger partial charge in [0.1, 0.15) is 13.2 Å². The van der Waals surface area contributed by atoms with E-state index in [1.807, 2.05) is 48.5 Å². The van der Waals surface area contributed by atoms with Crippen LogP contribution in [0.2, 0.25) is 10.0 Å². The van der Waals surface area contributed by atoms with Crippen molar-refractivity contribution in [2.45, 2.75) is 58.9 Å². The number of carbonyl (C=O) groups is 1. The van der Waals surface area contributed by atoms with Crippen LogP contribution >= 0.6 is 55.1 Å². The number of benzene rings is 2. The van der Waals surface area contributed by atoms with E-state index in [2.05, 4.69) is 59.4 Å². The molecule has 0 unspecified atom stereocenters. The second kappa shape index (κ2) is 20.0. The van der Waals surface area contributed by atoms with Gasteiger partial charge in [-0.2, -0.15) is 9.97 Å². The molecule has 50 heavy (non-hydrogen) atoms. The number of halogens is 4. The Bertz CT molecular complexity index is 1760. The number of nitrogens with zero attached hydrogens (tertiary/aromatic N) is 2. The van der Waals surface area contributed by atoms with Gasteiger partial charge in [0.25, 0.3) is 0 Å². The first-order chi connectivity index (χ1) is 24.2. The molecule has 2 aromatic heterocycles. The number of aliphatic carboxylic acids is 1. The fourth-order valence-electron chi connectivity index (χ4n) is 5.00. The highest BCUT2D eigenvalue weighted by molar-refractivity contribution is 9.10. The number of ether oxygens (including phenoxy) is 4. The summed E-state index contributed by atoms with van der Waals surface area (Å²) in [6.07, 6.45) is 2.85. The van der Waals surface area contributed by atoms with E-state index in [0.717, 1.165) is 52.8 Å². The number of nitrogens with one attached hydrogen (secondary N) is 2. The van der Waals surface area contributed by atoms with Crippen molar-refractivity contribution >= 4 is 61.0 Å². The van der Waals surface area contributed by atoms with Crippen LogP contribution in [-0.2, 0) is 31.1 Å². The van der Waals surface area contributed by atoms with E-state index < -0.39 is 5.97 Å². The van der Waals surface area contributed by atoms with Gasteiger partial charge in [0.15, 0.2) is 0 Å². The maximum absolute atomic E-state index is 10.8. The quantitative estimate of drug-likeness (QED) is 0.0743. The number of hydrogen-bond donors (Lipinski definition) is 3. The molecule has 3 N–H and O–H groups in total. The van der Waals surface area contributed by atoms with E-state index in [4.69, 9.17) is 47.3 Å². The Kier molecular flexibility index (Phi) is 15.9. The van der Waals surface area contributed by atoms with Crippen molar-refractivity contribution in [1.29, 1.82) is 0 Å². The molecule has 0 atom stereocenters. The number of carboxylic acids is 1. The van der Waals surface area contributed by atoms with E-state index >= 15 is 0 Å². The summed E-state index contributed by atoms with van der Waals surface area (Å²) in [6.45, 7) is 5.03. The number of rotatable bonds is 20. The van der Waals surface area contributed by atoms with Gasteiger partial charge in [-0.3, -0.25) is 4.79 Å². The van der Waals surface area contributed by atoms with Gasteiger partial charge in [-0.1, -0.05) is 72.9 Å². The Morgan fingerprint density at radius 3 is 1.62 bits per heavy atom. The third-order valence-corrected chi connectivity index (χ3v) is 9.64. The fraction of sp³-hybridized carbons (Fsp3) is 0.361. The first-order valence-electron chi connectivity index (χ1n) is 16.1. The van der Waals surface area contributed by atoms with Gasteiger partial charge in [-0.25, -0.2) is 0 Å². The molecule has 10 nitrogen and oxygen atoms in total. The van der Waals surface area contributed by atoms with Crippen LogP contribution in [0.25, 0.3) is 11.1 Å². The molecular formula is C36H40Br2Cl2N4O6. The smallest absolute Gasteiger partial charge is 0.303 e. The summed E-state index contributed by atoms with van der Waals surface area (Å²) in [7, 11) is 3.13. The lowest BCUT2D eigenvalue weighted by Crippen LogP contribution is -2.17. The summed E-state index contributed by atoms with van der Waals surface area (Å²) in [5.74, 6) is 0.812. The first-order valence-corrected chi connectivity index (χ1v) is 18.4. The maximum Gasteiger partial charge on any atom is 0.303 e.